The minimum Gasteiger partial charge on any atom is -0.496 e. The van der Waals surface area contributed by atoms with Gasteiger partial charge in [-0.25, -0.2) is 0 Å². The highest BCUT2D eigenvalue weighted by molar-refractivity contribution is 5.80. The van der Waals surface area contributed by atoms with Gasteiger partial charge in [-0.2, -0.15) is 0 Å². The van der Waals surface area contributed by atoms with Gasteiger partial charge < -0.3 is 14.5 Å². The van der Waals surface area contributed by atoms with Gasteiger partial charge in [0.25, 0.3) is 0 Å². The van der Waals surface area contributed by atoms with Crippen LogP contribution in [-0.4, -0.2) is 54.9 Å². The molecule has 0 N–H and O–H groups in total. The van der Waals surface area contributed by atoms with Crippen LogP contribution in [0.2, 0.25) is 0 Å². The summed E-state index contributed by atoms with van der Waals surface area (Å²) in [6.07, 6.45) is 0.327. The van der Waals surface area contributed by atoms with E-state index in [1.54, 1.807) is 18.9 Å². The third-order valence-corrected chi connectivity index (χ3v) is 4.57. The second-order valence-corrected chi connectivity index (χ2v) is 7.34. The summed E-state index contributed by atoms with van der Waals surface area (Å²) in [5, 5.41) is 0. The molecule has 1 aromatic carbocycles. The van der Waals surface area contributed by atoms with E-state index < -0.39 is 0 Å². The Bertz CT molecular complexity index is 612. The molecule has 1 saturated heterocycles. The predicted molar refractivity (Wildman–Crippen MR) is 94.2 cm³/mol. The molecule has 1 heterocycles. The summed E-state index contributed by atoms with van der Waals surface area (Å²) in [6.45, 7) is 10.4. The topological polar surface area (TPSA) is 49.9 Å². The minimum atomic E-state index is 0.0250. The molecule has 5 nitrogen and oxygen atoms in total. The van der Waals surface area contributed by atoms with Crippen molar-refractivity contribution >= 4 is 11.8 Å². The van der Waals surface area contributed by atoms with Crippen LogP contribution in [0.5, 0.6) is 5.75 Å². The number of nitrogens with zero attached hydrogens (tertiary/aromatic N) is 2. The molecule has 0 bridgehead atoms. The third-order valence-electron chi connectivity index (χ3n) is 4.57. The van der Waals surface area contributed by atoms with Gasteiger partial charge in [-0.1, -0.05) is 32.9 Å². The highest BCUT2D eigenvalue weighted by Crippen LogP contribution is 2.28. The van der Waals surface area contributed by atoms with Gasteiger partial charge in [0.1, 0.15) is 5.75 Å². The quantitative estimate of drug-likeness (QED) is 0.853. The number of ether oxygens (including phenoxy) is 1. The fraction of sp³-hybridized carbons (Fsp3) is 0.579. The van der Waals surface area contributed by atoms with Crippen molar-refractivity contribution in [1.82, 2.24) is 9.80 Å². The Balaban J connectivity index is 2.10. The molecular formula is C19H28N2O3. The Hall–Kier alpha value is -2.04. The molecule has 0 saturated carbocycles. The molecule has 2 amide bonds. The first-order chi connectivity index (χ1) is 11.2. The second kappa shape index (κ2) is 7.24. The third kappa shape index (κ3) is 4.28. The van der Waals surface area contributed by atoms with Gasteiger partial charge in [0.2, 0.25) is 11.8 Å². The van der Waals surface area contributed by atoms with Gasteiger partial charge >= 0.3 is 0 Å². The maximum atomic E-state index is 12.6. The van der Waals surface area contributed by atoms with Crippen LogP contribution >= 0.6 is 0 Å². The summed E-state index contributed by atoms with van der Waals surface area (Å²) < 4.78 is 5.43. The van der Waals surface area contributed by atoms with Crippen LogP contribution in [0, 0.1) is 0 Å². The van der Waals surface area contributed by atoms with Gasteiger partial charge in [0, 0.05) is 38.7 Å². The van der Waals surface area contributed by atoms with Crippen molar-refractivity contribution in [2.45, 2.75) is 39.5 Å². The Labute approximate surface area is 144 Å². The van der Waals surface area contributed by atoms with E-state index in [4.69, 9.17) is 4.74 Å². The SMILES string of the molecule is COc1ccc(C(C)(C)C)cc1CC(=O)N1CCN(C(C)=O)CC1. The highest BCUT2D eigenvalue weighted by atomic mass is 16.5. The average Bonchev–Trinajstić information content (AvgIpc) is 2.54. The zero-order valence-electron chi connectivity index (χ0n) is 15.4. The average molecular weight is 332 g/mol. The molecule has 1 aliphatic rings. The first kappa shape index (κ1) is 18.3. The molecule has 132 valence electrons. The maximum Gasteiger partial charge on any atom is 0.227 e. The van der Waals surface area contributed by atoms with E-state index in [1.165, 1.54) is 5.56 Å². The number of carbonyl (C=O) groups is 2. The van der Waals surface area contributed by atoms with Crippen molar-refractivity contribution in [2.24, 2.45) is 0 Å². The molecule has 0 aromatic heterocycles. The lowest BCUT2D eigenvalue weighted by Crippen LogP contribution is -2.50. The van der Waals surface area contributed by atoms with Crippen molar-refractivity contribution in [3.05, 3.63) is 29.3 Å². The first-order valence-electron chi connectivity index (χ1n) is 8.43. The number of methoxy groups -OCH3 is 1. The number of hydrogen-bond donors (Lipinski definition) is 0. The Kier molecular flexibility index (Phi) is 5.52. The van der Waals surface area contributed by atoms with Crippen LogP contribution in [0.1, 0.15) is 38.8 Å². The lowest BCUT2D eigenvalue weighted by Gasteiger charge is -2.34. The summed E-state index contributed by atoms with van der Waals surface area (Å²) in [6, 6.07) is 6.07. The van der Waals surface area contributed by atoms with E-state index >= 15 is 0 Å². The smallest absolute Gasteiger partial charge is 0.227 e. The van der Waals surface area contributed by atoms with Gasteiger partial charge in [-0.05, 0) is 17.0 Å². The first-order valence-corrected chi connectivity index (χ1v) is 8.43. The lowest BCUT2D eigenvalue weighted by atomic mass is 9.85. The van der Waals surface area contributed by atoms with Gasteiger partial charge in [-0.15, -0.1) is 0 Å². The molecule has 0 spiro atoms. The molecule has 1 aliphatic heterocycles. The van der Waals surface area contributed by atoms with Crippen LogP contribution in [0.3, 0.4) is 0 Å². The highest BCUT2D eigenvalue weighted by Gasteiger charge is 2.24. The lowest BCUT2D eigenvalue weighted by molar-refractivity contribution is -0.138. The predicted octanol–water partition coefficient (Wildman–Crippen LogP) is 2.23. The minimum absolute atomic E-state index is 0.0250. The number of benzene rings is 1. The fourth-order valence-corrected chi connectivity index (χ4v) is 2.93. The molecule has 2 rings (SSSR count). The molecule has 5 heteroatoms. The van der Waals surface area contributed by atoms with Crippen molar-refractivity contribution in [2.75, 3.05) is 33.3 Å². The van der Waals surface area contributed by atoms with E-state index in [1.807, 2.05) is 11.0 Å². The van der Waals surface area contributed by atoms with Gasteiger partial charge in [0.15, 0.2) is 0 Å². The number of rotatable bonds is 3. The second-order valence-electron chi connectivity index (χ2n) is 7.34. The van der Waals surface area contributed by atoms with Crippen LogP contribution in [0.25, 0.3) is 0 Å². The zero-order valence-corrected chi connectivity index (χ0v) is 15.4. The monoisotopic (exact) mass is 332 g/mol. The molecule has 1 fully saturated rings. The van der Waals surface area contributed by atoms with Gasteiger partial charge in [0.05, 0.1) is 13.5 Å². The van der Waals surface area contributed by atoms with Crippen LogP contribution in [0.15, 0.2) is 18.2 Å². The fourth-order valence-electron chi connectivity index (χ4n) is 2.93. The van der Waals surface area contributed by atoms with Crippen molar-refractivity contribution in [1.29, 1.82) is 0 Å². The molecular weight excluding hydrogens is 304 g/mol. The molecule has 0 aliphatic carbocycles. The standard InChI is InChI=1S/C19H28N2O3/c1-14(22)20-8-10-21(11-9-20)18(23)13-15-12-16(19(2,3)4)6-7-17(15)24-5/h6-7,12H,8-11,13H2,1-5H3. The van der Waals surface area contributed by atoms with E-state index in [0.717, 1.165) is 11.3 Å². The van der Waals surface area contributed by atoms with Crippen molar-refractivity contribution < 1.29 is 14.3 Å². The zero-order chi connectivity index (χ0) is 17.9. The number of carbonyl (C=O) groups excluding carboxylic acids is 2. The summed E-state index contributed by atoms with van der Waals surface area (Å²) >= 11 is 0. The number of hydrogen-bond acceptors (Lipinski definition) is 3. The van der Waals surface area contributed by atoms with E-state index in [0.29, 0.717) is 32.6 Å². The molecule has 24 heavy (non-hydrogen) atoms. The van der Waals surface area contributed by atoms with Crippen LogP contribution in [0.4, 0.5) is 0 Å². The van der Waals surface area contributed by atoms with Gasteiger partial charge in [-0.3, -0.25) is 9.59 Å². The summed E-state index contributed by atoms with van der Waals surface area (Å²) in [4.78, 5) is 27.6. The van der Waals surface area contributed by atoms with Crippen LogP contribution < -0.4 is 4.74 Å². The molecule has 0 radical (unpaired) electrons. The summed E-state index contributed by atoms with van der Waals surface area (Å²) in [7, 11) is 1.63. The molecule has 1 aromatic rings. The van der Waals surface area contributed by atoms with Crippen molar-refractivity contribution in [3.8, 4) is 5.75 Å². The maximum absolute atomic E-state index is 12.6. The Morgan fingerprint density at radius 2 is 1.67 bits per heavy atom. The normalized spacial score (nSPS) is 15.4. The summed E-state index contributed by atoms with van der Waals surface area (Å²) in [5.41, 5.74) is 2.13. The molecule has 0 unspecified atom stereocenters. The van der Waals surface area contributed by atoms with Crippen molar-refractivity contribution in [3.63, 3.8) is 0 Å². The van der Waals surface area contributed by atoms with E-state index in [-0.39, 0.29) is 17.2 Å². The van der Waals surface area contributed by atoms with E-state index in [2.05, 4.69) is 32.9 Å². The van der Waals surface area contributed by atoms with Crippen LogP contribution in [-0.2, 0) is 21.4 Å². The van der Waals surface area contributed by atoms with E-state index in [9.17, 15) is 9.59 Å². The molecule has 0 atom stereocenters. The number of piperazine rings is 1. The largest absolute Gasteiger partial charge is 0.496 e. The Morgan fingerprint density at radius 1 is 1.08 bits per heavy atom. The summed E-state index contributed by atoms with van der Waals surface area (Å²) in [5.74, 6) is 0.905. The number of amides is 2. The Morgan fingerprint density at radius 3 is 2.17 bits per heavy atom.